The van der Waals surface area contributed by atoms with Gasteiger partial charge in [0.2, 0.25) is 5.88 Å². The van der Waals surface area contributed by atoms with Crippen LogP contribution in [0.3, 0.4) is 0 Å². The molecule has 20 heavy (non-hydrogen) atoms. The second kappa shape index (κ2) is 5.51. The van der Waals surface area contributed by atoms with Crippen LogP contribution in [0.2, 0.25) is 0 Å². The standard InChI is InChI=1S/C16H19N3O/c1-20-16-7-3-5-13(18-16)11-19-9-8-14-12(10-19)4-2-6-15(14)17/h2-7H,8-11,17H2,1H3. The Kier molecular flexibility index (Phi) is 3.56. The largest absolute Gasteiger partial charge is 0.481 e. The predicted molar refractivity (Wildman–Crippen MR) is 79.5 cm³/mol. The molecule has 0 radical (unpaired) electrons. The number of aromatic nitrogens is 1. The Bertz CT molecular complexity index is 612. The van der Waals surface area contributed by atoms with Gasteiger partial charge in [-0.15, -0.1) is 0 Å². The Morgan fingerprint density at radius 2 is 2.10 bits per heavy atom. The maximum atomic E-state index is 6.03. The van der Waals surface area contributed by atoms with Gasteiger partial charge < -0.3 is 10.5 Å². The molecule has 0 saturated carbocycles. The summed E-state index contributed by atoms with van der Waals surface area (Å²) in [5.41, 5.74) is 10.6. The van der Waals surface area contributed by atoms with Crippen molar-refractivity contribution in [2.75, 3.05) is 19.4 Å². The molecule has 1 aromatic heterocycles. The zero-order valence-corrected chi connectivity index (χ0v) is 11.7. The molecule has 4 heteroatoms. The number of pyridine rings is 1. The Balaban J connectivity index is 1.74. The van der Waals surface area contributed by atoms with Gasteiger partial charge in [-0.05, 0) is 29.7 Å². The Labute approximate surface area is 119 Å². The zero-order valence-electron chi connectivity index (χ0n) is 11.7. The van der Waals surface area contributed by atoms with Crippen molar-refractivity contribution in [1.82, 2.24) is 9.88 Å². The molecular weight excluding hydrogens is 250 g/mol. The quantitative estimate of drug-likeness (QED) is 0.868. The lowest BCUT2D eigenvalue weighted by Gasteiger charge is -2.29. The number of ether oxygens (including phenoxy) is 1. The lowest BCUT2D eigenvalue weighted by Crippen LogP contribution is -2.30. The Morgan fingerprint density at radius 1 is 1.25 bits per heavy atom. The molecule has 4 nitrogen and oxygen atoms in total. The maximum Gasteiger partial charge on any atom is 0.213 e. The molecule has 0 saturated heterocycles. The normalized spacial score (nSPS) is 14.8. The summed E-state index contributed by atoms with van der Waals surface area (Å²) in [7, 11) is 1.64. The molecule has 2 aromatic rings. The number of nitrogens with zero attached hydrogens (tertiary/aromatic N) is 2. The lowest BCUT2D eigenvalue weighted by molar-refractivity contribution is 0.242. The molecule has 104 valence electrons. The zero-order chi connectivity index (χ0) is 13.9. The first-order chi connectivity index (χ1) is 9.76. The minimum Gasteiger partial charge on any atom is -0.481 e. The average molecular weight is 269 g/mol. The van der Waals surface area contributed by atoms with Crippen LogP contribution in [0.15, 0.2) is 36.4 Å². The van der Waals surface area contributed by atoms with Crippen molar-refractivity contribution in [1.29, 1.82) is 0 Å². The molecule has 0 bridgehead atoms. The number of fused-ring (bicyclic) bond motifs is 1. The third-order valence-corrected chi connectivity index (χ3v) is 3.76. The molecule has 0 atom stereocenters. The minimum atomic E-state index is 0.671. The van der Waals surface area contributed by atoms with E-state index in [4.69, 9.17) is 10.5 Å². The first-order valence-electron chi connectivity index (χ1n) is 6.85. The molecule has 2 heterocycles. The number of rotatable bonds is 3. The lowest BCUT2D eigenvalue weighted by atomic mass is 9.98. The highest BCUT2D eigenvalue weighted by Gasteiger charge is 2.18. The molecule has 0 aliphatic carbocycles. The van der Waals surface area contributed by atoms with Crippen LogP contribution in [0, 0.1) is 0 Å². The molecule has 1 aliphatic rings. The summed E-state index contributed by atoms with van der Waals surface area (Å²) < 4.78 is 5.17. The van der Waals surface area contributed by atoms with Crippen molar-refractivity contribution in [2.45, 2.75) is 19.5 Å². The fraction of sp³-hybridized carbons (Fsp3) is 0.312. The van der Waals surface area contributed by atoms with E-state index in [1.807, 2.05) is 30.3 Å². The predicted octanol–water partition coefficient (Wildman–Crippen LogP) is 2.23. The fourth-order valence-corrected chi connectivity index (χ4v) is 2.72. The van der Waals surface area contributed by atoms with Crippen LogP contribution in [0.25, 0.3) is 0 Å². The molecule has 0 unspecified atom stereocenters. The van der Waals surface area contributed by atoms with E-state index in [2.05, 4.69) is 16.0 Å². The van der Waals surface area contributed by atoms with E-state index in [1.54, 1.807) is 7.11 Å². The number of nitrogens with two attached hydrogens (primary N) is 1. The molecule has 0 fully saturated rings. The molecule has 1 aromatic carbocycles. The molecule has 1 aliphatic heterocycles. The van der Waals surface area contributed by atoms with Crippen LogP contribution < -0.4 is 10.5 Å². The number of anilines is 1. The van der Waals surface area contributed by atoms with Crippen molar-refractivity contribution in [3.05, 3.63) is 53.2 Å². The number of benzene rings is 1. The summed E-state index contributed by atoms with van der Waals surface area (Å²) in [5.74, 6) is 0.671. The smallest absolute Gasteiger partial charge is 0.213 e. The van der Waals surface area contributed by atoms with Crippen LogP contribution >= 0.6 is 0 Å². The van der Waals surface area contributed by atoms with Gasteiger partial charge in [0, 0.05) is 31.4 Å². The SMILES string of the molecule is COc1cccc(CN2CCc3c(N)cccc3C2)n1. The highest BCUT2D eigenvalue weighted by atomic mass is 16.5. The summed E-state index contributed by atoms with van der Waals surface area (Å²) in [4.78, 5) is 6.86. The first kappa shape index (κ1) is 12.9. The topological polar surface area (TPSA) is 51.4 Å². The summed E-state index contributed by atoms with van der Waals surface area (Å²) in [6, 6.07) is 12.1. The van der Waals surface area contributed by atoms with E-state index in [0.717, 1.165) is 37.4 Å². The minimum absolute atomic E-state index is 0.671. The third-order valence-electron chi connectivity index (χ3n) is 3.76. The maximum absolute atomic E-state index is 6.03. The summed E-state index contributed by atoms with van der Waals surface area (Å²) in [6.07, 6.45) is 1.01. The van der Waals surface area contributed by atoms with Crippen molar-refractivity contribution < 1.29 is 4.74 Å². The van der Waals surface area contributed by atoms with Gasteiger partial charge in [0.1, 0.15) is 0 Å². The van der Waals surface area contributed by atoms with Crippen molar-refractivity contribution in [3.63, 3.8) is 0 Å². The van der Waals surface area contributed by atoms with Gasteiger partial charge in [0.05, 0.1) is 12.8 Å². The van der Waals surface area contributed by atoms with Gasteiger partial charge in [-0.25, -0.2) is 4.98 Å². The van der Waals surface area contributed by atoms with E-state index in [1.165, 1.54) is 11.1 Å². The third kappa shape index (κ3) is 2.60. The Hall–Kier alpha value is -2.07. The monoisotopic (exact) mass is 269 g/mol. The Morgan fingerprint density at radius 3 is 2.95 bits per heavy atom. The first-order valence-corrected chi connectivity index (χ1v) is 6.85. The highest BCUT2D eigenvalue weighted by molar-refractivity contribution is 5.51. The van der Waals surface area contributed by atoms with Crippen molar-refractivity contribution in [2.24, 2.45) is 0 Å². The van der Waals surface area contributed by atoms with E-state index >= 15 is 0 Å². The van der Waals surface area contributed by atoms with Crippen molar-refractivity contribution in [3.8, 4) is 5.88 Å². The summed E-state index contributed by atoms with van der Waals surface area (Å²) >= 11 is 0. The van der Waals surface area contributed by atoms with Crippen LogP contribution in [0.4, 0.5) is 5.69 Å². The van der Waals surface area contributed by atoms with Crippen molar-refractivity contribution >= 4 is 5.69 Å². The number of hydrogen-bond donors (Lipinski definition) is 1. The second-order valence-corrected chi connectivity index (χ2v) is 5.12. The fourth-order valence-electron chi connectivity index (χ4n) is 2.72. The van der Waals surface area contributed by atoms with Crippen LogP contribution in [0.1, 0.15) is 16.8 Å². The average Bonchev–Trinajstić information content (AvgIpc) is 2.47. The van der Waals surface area contributed by atoms with Gasteiger partial charge >= 0.3 is 0 Å². The number of nitrogen functional groups attached to an aromatic ring is 1. The van der Waals surface area contributed by atoms with Crippen LogP contribution in [-0.4, -0.2) is 23.5 Å². The molecular formula is C16H19N3O. The van der Waals surface area contributed by atoms with Crippen LogP contribution in [0.5, 0.6) is 5.88 Å². The van der Waals surface area contributed by atoms with Gasteiger partial charge in [-0.3, -0.25) is 4.90 Å². The molecule has 0 amide bonds. The molecule has 0 spiro atoms. The van der Waals surface area contributed by atoms with E-state index in [0.29, 0.717) is 5.88 Å². The van der Waals surface area contributed by atoms with E-state index < -0.39 is 0 Å². The van der Waals surface area contributed by atoms with Gasteiger partial charge in [0.15, 0.2) is 0 Å². The van der Waals surface area contributed by atoms with E-state index in [9.17, 15) is 0 Å². The summed E-state index contributed by atoms with van der Waals surface area (Å²) in [5, 5.41) is 0. The van der Waals surface area contributed by atoms with Gasteiger partial charge in [0.25, 0.3) is 0 Å². The van der Waals surface area contributed by atoms with Crippen LogP contribution in [-0.2, 0) is 19.5 Å². The molecule has 2 N–H and O–H groups in total. The van der Waals surface area contributed by atoms with Gasteiger partial charge in [-0.1, -0.05) is 18.2 Å². The number of hydrogen-bond acceptors (Lipinski definition) is 4. The summed E-state index contributed by atoms with van der Waals surface area (Å²) in [6.45, 7) is 2.78. The number of methoxy groups -OCH3 is 1. The second-order valence-electron chi connectivity index (χ2n) is 5.12. The molecule has 3 rings (SSSR count). The van der Waals surface area contributed by atoms with E-state index in [-0.39, 0.29) is 0 Å². The van der Waals surface area contributed by atoms with Gasteiger partial charge in [-0.2, -0.15) is 0 Å². The highest BCUT2D eigenvalue weighted by Crippen LogP contribution is 2.24.